The first kappa shape index (κ1) is 21.1. The third-order valence-corrected chi connectivity index (χ3v) is 10.0. The molecular weight excluding hydrogens is 356 g/mol. The van der Waals surface area contributed by atoms with E-state index in [9.17, 15) is 21.8 Å². The largest absolute Gasteiger partial charge is 0.415 e. The van der Waals surface area contributed by atoms with Crippen LogP contribution in [0, 0.1) is 0 Å². The highest BCUT2D eigenvalue weighted by atomic mass is 32.2. The third-order valence-electron chi connectivity index (χ3n) is 4.39. The van der Waals surface area contributed by atoms with Gasteiger partial charge in [0.1, 0.15) is 10.9 Å². The Morgan fingerprint density at radius 3 is 2.25 bits per heavy atom. The summed E-state index contributed by atoms with van der Waals surface area (Å²) in [6.45, 7) is 9.88. The van der Waals surface area contributed by atoms with E-state index >= 15 is 0 Å². The van der Waals surface area contributed by atoms with E-state index in [-0.39, 0.29) is 23.8 Å². The highest BCUT2D eigenvalue weighted by molar-refractivity contribution is 7.86. The van der Waals surface area contributed by atoms with Gasteiger partial charge in [-0.15, -0.1) is 0 Å². The Hall–Kier alpha value is -0.903. The first-order chi connectivity index (χ1) is 10.7. The normalized spacial score (nSPS) is 14.9. The molecule has 0 aliphatic heterocycles. The van der Waals surface area contributed by atoms with Crippen molar-refractivity contribution in [3.05, 3.63) is 29.6 Å². The fourth-order valence-corrected chi connectivity index (χ4v) is 3.53. The molecule has 0 aromatic carbocycles. The van der Waals surface area contributed by atoms with Crippen LogP contribution < -0.4 is 0 Å². The predicted molar refractivity (Wildman–Crippen MR) is 91.4 cm³/mol. The number of alkyl halides is 2. The van der Waals surface area contributed by atoms with Crippen molar-refractivity contribution in [3.8, 4) is 0 Å². The van der Waals surface area contributed by atoms with Crippen LogP contribution in [0.1, 0.15) is 38.5 Å². The fraction of sp³-hybridized carbons (Fsp3) is 0.667. The molecule has 0 radical (unpaired) electrons. The van der Waals surface area contributed by atoms with Gasteiger partial charge in [-0.25, -0.2) is 8.78 Å². The zero-order chi connectivity index (χ0) is 18.8. The minimum atomic E-state index is -4.34. The lowest BCUT2D eigenvalue weighted by Gasteiger charge is -2.37. The Kier molecular flexibility index (Phi) is 6.65. The number of nitrogens with zero attached hydrogens (tertiary/aromatic N) is 1. The van der Waals surface area contributed by atoms with E-state index in [1.54, 1.807) is 0 Å². The molecule has 0 bridgehead atoms. The lowest BCUT2D eigenvalue weighted by atomic mass is 10.1. The first-order valence-electron chi connectivity index (χ1n) is 7.57. The molecule has 0 amide bonds. The second-order valence-corrected chi connectivity index (χ2v) is 13.8. The molecule has 0 saturated heterocycles. The second-order valence-electron chi connectivity index (χ2n) is 7.30. The first-order valence-corrected chi connectivity index (χ1v) is 12.0. The molecule has 0 aliphatic rings. The number of halogens is 2. The van der Waals surface area contributed by atoms with Crippen LogP contribution in [0.25, 0.3) is 0 Å². The van der Waals surface area contributed by atoms with Crippen molar-refractivity contribution in [2.45, 2.75) is 57.0 Å². The number of pyridine rings is 1. The Labute approximate surface area is 143 Å². The molecule has 0 aliphatic carbocycles. The van der Waals surface area contributed by atoms with Gasteiger partial charge in [-0.3, -0.25) is 9.54 Å². The van der Waals surface area contributed by atoms with Gasteiger partial charge >= 0.3 is 0 Å². The van der Waals surface area contributed by atoms with Gasteiger partial charge in [-0.05, 0) is 36.2 Å². The van der Waals surface area contributed by atoms with E-state index in [0.29, 0.717) is 5.56 Å². The van der Waals surface area contributed by atoms with E-state index in [0.717, 1.165) is 6.07 Å². The predicted octanol–water partition coefficient (Wildman–Crippen LogP) is 3.84. The molecule has 1 atom stereocenters. The highest BCUT2D eigenvalue weighted by Crippen LogP contribution is 2.36. The summed E-state index contributed by atoms with van der Waals surface area (Å²) in [6.07, 6.45) is -1.53. The maximum Gasteiger partial charge on any atom is 0.280 e. The zero-order valence-corrected chi connectivity index (χ0v) is 16.4. The molecular formula is C15H25F2NO4SSi. The lowest BCUT2D eigenvalue weighted by molar-refractivity contribution is 0.146. The van der Waals surface area contributed by atoms with Crippen molar-refractivity contribution in [2.75, 3.05) is 6.61 Å². The van der Waals surface area contributed by atoms with Gasteiger partial charge in [-0.2, -0.15) is 8.42 Å². The van der Waals surface area contributed by atoms with E-state index in [1.807, 2.05) is 33.9 Å². The van der Waals surface area contributed by atoms with Crippen molar-refractivity contribution < 1.29 is 26.2 Å². The number of hydrogen-bond acceptors (Lipinski definition) is 4. The molecule has 24 heavy (non-hydrogen) atoms. The molecule has 1 N–H and O–H groups in total. The molecule has 0 spiro atoms. The molecule has 1 aromatic heterocycles. The topological polar surface area (TPSA) is 76.5 Å². The van der Waals surface area contributed by atoms with Crippen LogP contribution in [0.2, 0.25) is 18.1 Å². The summed E-state index contributed by atoms with van der Waals surface area (Å²) < 4.78 is 63.6. The standard InChI is InChI=1S/C15H25F2NO4SSi/c1-15(2,3)24(4,5)22-10-12(23(19,20)21)8-11-6-7-13(14(16)17)18-9-11/h6-7,9,12,14H,8,10H2,1-5H3,(H,19,20,21)/t12-/m1/s1. The van der Waals surface area contributed by atoms with Crippen LogP contribution in [-0.2, 0) is 21.0 Å². The minimum Gasteiger partial charge on any atom is -0.415 e. The monoisotopic (exact) mass is 381 g/mol. The minimum absolute atomic E-state index is 0.0516. The van der Waals surface area contributed by atoms with Crippen LogP contribution in [0.3, 0.4) is 0 Å². The van der Waals surface area contributed by atoms with E-state index < -0.39 is 30.1 Å². The van der Waals surface area contributed by atoms with Gasteiger partial charge in [0.05, 0.1) is 6.61 Å². The maximum absolute atomic E-state index is 12.5. The number of hydrogen-bond donors (Lipinski definition) is 1. The van der Waals surface area contributed by atoms with Crippen LogP contribution in [0.5, 0.6) is 0 Å². The molecule has 9 heteroatoms. The van der Waals surface area contributed by atoms with E-state index in [4.69, 9.17) is 4.43 Å². The lowest BCUT2D eigenvalue weighted by Crippen LogP contribution is -2.44. The van der Waals surface area contributed by atoms with Crippen LogP contribution in [0.4, 0.5) is 8.78 Å². The van der Waals surface area contributed by atoms with Crippen molar-refractivity contribution in [1.82, 2.24) is 4.98 Å². The number of rotatable bonds is 7. The Bertz CT molecular complexity index is 642. The zero-order valence-electron chi connectivity index (χ0n) is 14.6. The Morgan fingerprint density at radius 1 is 1.29 bits per heavy atom. The van der Waals surface area contributed by atoms with E-state index in [2.05, 4.69) is 4.98 Å². The van der Waals surface area contributed by atoms with Gasteiger partial charge in [0.25, 0.3) is 16.5 Å². The molecule has 138 valence electrons. The molecule has 1 heterocycles. The second kappa shape index (κ2) is 7.55. The summed E-state index contributed by atoms with van der Waals surface area (Å²) in [5.74, 6) is 0. The van der Waals surface area contributed by atoms with Gasteiger partial charge in [-0.1, -0.05) is 26.8 Å². The number of aromatic nitrogens is 1. The third kappa shape index (κ3) is 5.87. The van der Waals surface area contributed by atoms with Crippen LogP contribution in [-0.4, -0.2) is 38.1 Å². The van der Waals surface area contributed by atoms with Crippen LogP contribution in [0.15, 0.2) is 18.3 Å². The molecule has 0 fully saturated rings. The summed E-state index contributed by atoms with van der Waals surface area (Å²) in [5, 5.41) is -1.26. The Balaban J connectivity index is 2.88. The summed E-state index contributed by atoms with van der Waals surface area (Å²) in [5.41, 5.74) is 0.0699. The van der Waals surface area contributed by atoms with Gasteiger partial charge in [0.2, 0.25) is 0 Å². The van der Waals surface area contributed by atoms with Gasteiger partial charge < -0.3 is 4.43 Å². The smallest absolute Gasteiger partial charge is 0.280 e. The summed E-state index contributed by atoms with van der Waals surface area (Å²) >= 11 is 0. The van der Waals surface area contributed by atoms with Gasteiger partial charge in [0.15, 0.2) is 8.32 Å². The van der Waals surface area contributed by atoms with Crippen molar-refractivity contribution in [2.24, 2.45) is 0 Å². The quantitative estimate of drug-likeness (QED) is 0.574. The molecule has 0 unspecified atom stereocenters. The molecule has 5 nitrogen and oxygen atoms in total. The Morgan fingerprint density at radius 2 is 1.88 bits per heavy atom. The van der Waals surface area contributed by atoms with E-state index in [1.165, 1.54) is 12.3 Å². The average molecular weight is 382 g/mol. The molecule has 1 rings (SSSR count). The summed E-state index contributed by atoms with van der Waals surface area (Å²) in [4.78, 5) is 3.60. The molecule has 0 saturated carbocycles. The van der Waals surface area contributed by atoms with Crippen LogP contribution >= 0.6 is 0 Å². The summed E-state index contributed by atoms with van der Waals surface area (Å²) in [7, 11) is -6.51. The van der Waals surface area contributed by atoms with Crippen molar-refractivity contribution >= 4 is 18.4 Å². The molecule has 1 aromatic rings. The fourth-order valence-electron chi connectivity index (χ4n) is 1.72. The van der Waals surface area contributed by atoms with Crippen molar-refractivity contribution in [1.29, 1.82) is 0 Å². The van der Waals surface area contributed by atoms with Crippen molar-refractivity contribution in [3.63, 3.8) is 0 Å². The maximum atomic E-state index is 12.5. The van der Waals surface area contributed by atoms with Gasteiger partial charge in [0, 0.05) is 6.20 Å². The average Bonchev–Trinajstić information content (AvgIpc) is 2.41. The highest BCUT2D eigenvalue weighted by Gasteiger charge is 2.38. The summed E-state index contributed by atoms with van der Waals surface area (Å²) in [6, 6.07) is 2.54. The SMILES string of the molecule is CC(C)(C)[Si](C)(C)OC[C@@H](Cc1ccc(C(F)F)nc1)S(=O)(=O)O.